The van der Waals surface area contributed by atoms with Gasteiger partial charge in [0.15, 0.2) is 0 Å². The molecule has 8 heteroatoms. The van der Waals surface area contributed by atoms with Crippen LogP contribution in [0.25, 0.3) is 0 Å². The van der Waals surface area contributed by atoms with Crippen molar-refractivity contribution in [1.29, 1.82) is 0 Å². The molecule has 0 aliphatic heterocycles. The smallest absolute Gasteiger partial charge is 0.258 e. The molecule has 88 valence electrons. The standard InChI is InChI=1S/C8H5F4NO2S/c1-4-2-5(9)7(13(14)15)6(3-4)16-8(10,11)12/h2-3H,1H3. The number of thioether (sulfide) groups is 1. The van der Waals surface area contributed by atoms with E-state index in [0.29, 0.717) is 0 Å². The van der Waals surface area contributed by atoms with Gasteiger partial charge in [-0.3, -0.25) is 10.1 Å². The van der Waals surface area contributed by atoms with E-state index in [4.69, 9.17) is 0 Å². The van der Waals surface area contributed by atoms with Crippen molar-refractivity contribution in [3.05, 3.63) is 33.6 Å². The number of nitro benzene ring substituents is 1. The average Bonchev–Trinajstić information content (AvgIpc) is 1.96. The Bertz CT molecular complexity index is 433. The molecule has 0 heterocycles. The van der Waals surface area contributed by atoms with Crippen molar-refractivity contribution in [3.8, 4) is 0 Å². The molecule has 3 nitrogen and oxygen atoms in total. The van der Waals surface area contributed by atoms with E-state index in [-0.39, 0.29) is 5.56 Å². The van der Waals surface area contributed by atoms with Crippen LogP contribution in [0.5, 0.6) is 0 Å². The van der Waals surface area contributed by atoms with Crippen molar-refractivity contribution in [2.24, 2.45) is 0 Å². The molecule has 1 aromatic carbocycles. The van der Waals surface area contributed by atoms with Crippen LogP contribution in [-0.4, -0.2) is 10.4 Å². The lowest BCUT2D eigenvalue weighted by Crippen LogP contribution is -2.03. The van der Waals surface area contributed by atoms with Gasteiger partial charge in [-0.2, -0.15) is 17.6 Å². The third-order valence-corrected chi connectivity index (χ3v) is 2.34. The summed E-state index contributed by atoms with van der Waals surface area (Å²) < 4.78 is 49.3. The number of aryl methyl sites for hydroxylation is 1. The molecule has 16 heavy (non-hydrogen) atoms. The van der Waals surface area contributed by atoms with Gasteiger partial charge in [-0.25, -0.2) is 0 Å². The van der Waals surface area contributed by atoms with Gasteiger partial charge in [0.2, 0.25) is 5.82 Å². The summed E-state index contributed by atoms with van der Waals surface area (Å²) in [4.78, 5) is 8.52. The largest absolute Gasteiger partial charge is 0.446 e. The lowest BCUT2D eigenvalue weighted by atomic mass is 10.2. The first kappa shape index (κ1) is 12.8. The maximum Gasteiger partial charge on any atom is 0.446 e. The van der Waals surface area contributed by atoms with Crippen molar-refractivity contribution in [2.45, 2.75) is 17.3 Å². The van der Waals surface area contributed by atoms with Crippen molar-refractivity contribution in [3.63, 3.8) is 0 Å². The Labute approximate surface area is 91.6 Å². The maximum atomic E-state index is 13.1. The first-order valence-corrected chi connectivity index (χ1v) is 4.72. The summed E-state index contributed by atoms with van der Waals surface area (Å²) in [6.07, 6.45) is 0. The van der Waals surface area contributed by atoms with E-state index in [1.165, 1.54) is 6.92 Å². The predicted molar refractivity (Wildman–Crippen MR) is 49.7 cm³/mol. The molecule has 0 radical (unpaired) electrons. The van der Waals surface area contributed by atoms with Crippen LogP contribution in [0.4, 0.5) is 23.2 Å². The van der Waals surface area contributed by atoms with Crippen LogP contribution in [0, 0.1) is 22.9 Å². The highest BCUT2D eigenvalue weighted by molar-refractivity contribution is 8.00. The molecule has 0 saturated heterocycles. The summed E-state index contributed by atoms with van der Waals surface area (Å²) in [6, 6.07) is 1.75. The molecule has 0 atom stereocenters. The molecule has 0 amide bonds. The van der Waals surface area contributed by atoms with Crippen LogP contribution in [0.2, 0.25) is 0 Å². The van der Waals surface area contributed by atoms with Crippen LogP contribution in [0.3, 0.4) is 0 Å². The number of rotatable bonds is 2. The molecule has 0 unspecified atom stereocenters. The number of halogens is 4. The third kappa shape index (κ3) is 3.09. The van der Waals surface area contributed by atoms with Crippen LogP contribution >= 0.6 is 11.8 Å². The minimum atomic E-state index is -4.69. The van der Waals surface area contributed by atoms with E-state index < -0.39 is 38.6 Å². The molecule has 0 aliphatic rings. The van der Waals surface area contributed by atoms with E-state index in [0.717, 1.165) is 12.1 Å². The predicted octanol–water partition coefficient (Wildman–Crippen LogP) is 3.65. The fourth-order valence-electron chi connectivity index (χ4n) is 1.08. The number of alkyl halides is 3. The minimum absolute atomic E-state index is 0.190. The lowest BCUT2D eigenvalue weighted by Gasteiger charge is -2.07. The summed E-state index contributed by atoms with van der Waals surface area (Å²) in [5, 5.41) is 10.4. The average molecular weight is 255 g/mol. The molecule has 1 rings (SSSR count). The number of nitrogens with zero attached hydrogens (tertiary/aromatic N) is 1. The second-order valence-corrected chi connectivity index (χ2v) is 4.01. The maximum absolute atomic E-state index is 13.1. The number of hydrogen-bond donors (Lipinski definition) is 0. The molecule has 1 aromatic rings. The summed E-state index contributed by atoms with van der Waals surface area (Å²) >= 11 is -0.698. The van der Waals surface area contributed by atoms with E-state index >= 15 is 0 Å². The Morgan fingerprint density at radius 2 is 1.94 bits per heavy atom. The first-order chi connectivity index (χ1) is 7.20. The summed E-state index contributed by atoms with van der Waals surface area (Å²) in [5.41, 5.74) is -5.65. The molecular weight excluding hydrogens is 250 g/mol. The van der Waals surface area contributed by atoms with Gasteiger partial charge in [0.05, 0.1) is 9.82 Å². The second kappa shape index (κ2) is 4.28. The van der Waals surface area contributed by atoms with Gasteiger partial charge in [0.25, 0.3) is 0 Å². The van der Waals surface area contributed by atoms with Crippen molar-refractivity contribution >= 4 is 17.4 Å². The number of benzene rings is 1. The van der Waals surface area contributed by atoms with Gasteiger partial charge in [-0.15, -0.1) is 0 Å². The normalized spacial score (nSPS) is 11.6. The summed E-state index contributed by atoms with van der Waals surface area (Å²) in [7, 11) is 0. The SMILES string of the molecule is Cc1cc(F)c([N+](=O)[O-])c(SC(F)(F)F)c1. The molecule has 0 aromatic heterocycles. The zero-order valence-electron chi connectivity index (χ0n) is 7.84. The van der Waals surface area contributed by atoms with E-state index in [2.05, 4.69) is 0 Å². The highest BCUT2D eigenvalue weighted by Crippen LogP contribution is 2.42. The first-order valence-electron chi connectivity index (χ1n) is 3.91. The minimum Gasteiger partial charge on any atom is -0.258 e. The summed E-state index contributed by atoms with van der Waals surface area (Å²) in [6.45, 7) is 1.35. The highest BCUT2D eigenvalue weighted by Gasteiger charge is 2.34. The van der Waals surface area contributed by atoms with Gasteiger partial charge in [-0.1, -0.05) is 0 Å². The lowest BCUT2D eigenvalue weighted by molar-refractivity contribution is -0.390. The Balaban J connectivity index is 3.30. The topological polar surface area (TPSA) is 43.1 Å². The molecular formula is C8H5F4NO2S. The van der Waals surface area contributed by atoms with Crippen LogP contribution in [-0.2, 0) is 0 Å². The Kier molecular flexibility index (Phi) is 3.41. The van der Waals surface area contributed by atoms with Crippen molar-refractivity contribution in [1.82, 2.24) is 0 Å². The van der Waals surface area contributed by atoms with E-state index in [9.17, 15) is 27.7 Å². The van der Waals surface area contributed by atoms with Gasteiger partial charge in [0, 0.05) is 0 Å². The Hall–Kier alpha value is -1.31. The van der Waals surface area contributed by atoms with Crippen LogP contribution < -0.4 is 0 Å². The monoisotopic (exact) mass is 255 g/mol. The fourth-order valence-corrected chi connectivity index (χ4v) is 1.85. The van der Waals surface area contributed by atoms with Gasteiger partial charge in [-0.05, 0) is 36.4 Å². The highest BCUT2D eigenvalue weighted by atomic mass is 32.2. The molecule has 0 spiro atoms. The molecule has 0 aliphatic carbocycles. The number of hydrogen-bond acceptors (Lipinski definition) is 3. The third-order valence-electron chi connectivity index (χ3n) is 1.58. The van der Waals surface area contributed by atoms with Gasteiger partial charge < -0.3 is 0 Å². The molecule has 0 fully saturated rings. The van der Waals surface area contributed by atoms with Crippen LogP contribution in [0.15, 0.2) is 17.0 Å². The Morgan fingerprint density at radius 3 is 2.38 bits per heavy atom. The second-order valence-electron chi connectivity index (χ2n) is 2.90. The summed E-state index contributed by atoms with van der Waals surface area (Å²) in [5.74, 6) is -1.27. The zero-order chi connectivity index (χ0) is 12.5. The van der Waals surface area contributed by atoms with Crippen molar-refractivity contribution in [2.75, 3.05) is 0 Å². The fraction of sp³-hybridized carbons (Fsp3) is 0.250. The quantitative estimate of drug-likeness (QED) is 0.350. The van der Waals surface area contributed by atoms with E-state index in [1.807, 2.05) is 0 Å². The molecule has 0 bridgehead atoms. The Morgan fingerprint density at radius 1 is 1.38 bits per heavy atom. The van der Waals surface area contributed by atoms with Gasteiger partial charge >= 0.3 is 11.2 Å². The molecule has 0 saturated carbocycles. The van der Waals surface area contributed by atoms with E-state index in [1.54, 1.807) is 0 Å². The van der Waals surface area contributed by atoms with Crippen molar-refractivity contribution < 1.29 is 22.5 Å². The van der Waals surface area contributed by atoms with Gasteiger partial charge in [0.1, 0.15) is 0 Å². The molecule has 0 N–H and O–H groups in total. The van der Waals surface area contributed by atoms with Crippen LogP contribution in [0.1, 0.15) is 5.56 Å². The zero-order valence-corrected chi connectivity index (χ0v) is 8.66. The number of nitro groups is 1.